The third kappa shape index (κ3) is 5.25. The van der Waals surface area contributed by atoms with E-state index in [0.717, 1.165) is 5.92 Å². The highest BCUT2D eigenvalue weighted by Crippen LogP contribution is 2.32. The lowest BCUT2D eigenvalue weighted by molar-refractivity contribution is -0.0389. The first-order valence-corrected chi connectivity index (χ1v) is 6.87. The van der Waals surface area contributed by atoms with Gasteiger partial charge < -0.3 is 14.4 Å². The van der Waals surface area contributed by atoms with Crippen LogP contribution in [0.2, 0.25) is 0 Å². The highest BCUT2D eigenvalue weighted by atomic mass is 16.6. The summed E-state index contributed by atoms with van der Waals surface area (Å²) in [6.07, 6.45) is 3.71. The van der Waals surface area contributed by atoms with Gasteiger partial charge in [0.2, 0.25) is 0 Å². The Labute approximate surface area is 111 Å². The van der Waals surface area contributed by atoms with Gasteiger partial charge >= 0.3 is 6.09 Å². The molecule has 1 aliphatic carbocycles. The SMILES string of the molecule is CCC1CC(OCCN(C)C(=O)OC(C)(C)C)C1. The van der Waals surface area contributed by atoms with Crippen molar-refractivity contribution in [2.45, 2.75) is 58.7 Å². The summed E-state index contributed by atoms with van der Waals surface area (Å²) in [5, 5.41) is 0. The summed E-state index contributed by atoms with van der Waals surface area (Å²) >= 11 is 0. The van der Waals surface area contributed by atoms with Crippen molar-refractivity contribution in [1.29, 1.82) is 0 Å². The summed E-state index contributed by atoms with van der Waals surface area (Å²) < 4.78 is 11.0. The Bertz CT molecular complexity index is 267. The standard InChI is InChI=1S/C14H27NO3/c1-6-11-9-12(10-11)17-8-7-15(5)13(16)18-14(2,3)4/h11-12H,6-10H2,1-5H3. The second-order valence-corrected chi connectivity index (χ2v) is 6.14. The van der Waals surface area contributed by atoms with E-state index in [1.165, 1.54) is 19.3 Å². The van der Waals surface area contributed by atoms with Crippen molar-refractivity contribution >= 4 is 6.09 Å². The van der Waals surface area contributed by atoms with Crippen LogP contribution in [0.25, 0.3) is 0 Å². The Morgan fingerprint density at radius 3 is 2.44 bits per heavy atom. The Hall–Kier alpha value is -0.770. The van der Waals surface area contributed by atoms with E-state index in [2.05, 4.69) is 6.92 Å². The number of carbonyl (C=O) groups excluding carboxylic acids is 1. The van der Waals surface area contributed by atoms with E-state index in [1.54, 1.807) is 11.9 Å². The molecule has 106 valence electrons. The summed E-state index contributed by atoms with van der Waals surface area (Å²) in [6.45, 7) is 9.01. The highest BCUT2D eigenvalue weighted by molar-refractivity contribution is 5.67. The molecule has 0 bridgehead atoms. The molecule has 0 saturated heterocycles. The second kappa shape index (κ2) is 6.41. The van der Waals surface area contributed by atoms with Crippen LogP contribution in [0, 0.1) is 5.92 Å². The van der Waals surface area contributed by atoms with Gasteiger partial charge in [-0.25, -0.2) is 4.79 Å². The van der Waals surface area contributed by atoms with E-state index < -0.39 is 5.60 Å². The van der Waals surface area contributed by atoms with Crippen LogP contribution in [-0.4, -0.2) is 42.9 Å². The minimum absolute atomic E-state index is 0.286. The number of hydrogen-bond acceptors (Lipinski definition) is 3. The molecule has 0 heterocycles. The monoisotopic (exact) mass is 257 g/mol. The lowest BCUT2D eigenvalue weighted by Crippen LogP contribution is -2.38. The van der Waals surface area contributed by atoms with Gasteiger partial charge in [-0.1, -0.05) is 13.3 Å². The fourth-order valence-corrected chi connectivity index (χ4v) is 1.93. The van der Waals surface area contributed by atoms with Crippen molar-refractivity contribution in [2.75, 3.05) is 20.2 Å². The summed E-state index contributed by atoms with van der Waals surface area (Å²) in [4.78, 5) is 13.2. The topological polar surface area (TPSA) is 38.8 Å². The van der Waals surface area contributed by atoms with Crippen molar-refractivity contribution in [1.82, 2.24) is 4.90 Å². The zero-order valence-electron chi connectivity index (χ0n) is 12.4. The Kier molecular flexibility index (Phi) is 5.45. The van der Waals surface area contributed by atoms with Gasteiger partial charge in [0, 0.05) is 13.6 Å². The van der Waals surface area contributed by atoms with Crippen molar-refractivity contribution in [3.63, 3.8) is 0 Å². The van der Waals surface area contributed by atoms with E-state index in [0.29, 0.717) is 19.3 Å². The minimum Gasteiger partial charge on any atom is -0.444 e. The van der Waals surface area contributed by atoms with Crippen LogP contribution >= 0.6 is 0 Å². The van der Waals surface area contributed by atoms with Crippen molar-refractivity contribution in [3.8, 4) is 0 Å². The average Bonchev–Trinajstić information content (AvgIpc) is 2.18. The smallest absolute Gasteiger partial charge is 0.410 e. The van der Waals surface area contributed by atoms with E-state index in [9.17, 15) is 4.79 Å². The Balaban J connectivity index is 2.10. The molecule has 1 saturated carbocycles. The first kappa shape index (κ1) is 15.3. The summed E-state index contributed by atoms with van der Waals surface area (Å²) in [6, 6.07) is 0. The molecule has 4 nitrogen and oxygen atoms in total. The van der Waals surface area contributed by atoms with Crippen LogP contribution in [0.4, 0.5) is 4.79 Å². The van der Waals surface area contributed by atoms with Gasteiger partial charge in [-0.2, -0.15) is 0 Å². The number of likely N-dealkylation sites (N-methyl/N-ethyl adjacent to an activating group) is 1. The summed E-state index contributed by atoms with van der Waals surface area (Å²) in [5.74, 6) is 0.846. The fraction of sp³-hybridized carbons (Fsp3) is 0.929. The van der Waals surface area contributed by atoms with Crippen molar-refractivity contribution in [2.24, 2.45) is 5.92 Å². The highest BCUT2D eigenvalue weighted by Gasteiger charge is 2.28. The summed E-state index contributed by atoms with van der Waals surface area (Å²) in [5.41, 5.74) is -0.436. The largest absolute Gasteiger partial charge is 0.444 e. The third-order valence-electron chi connectivity index (χ3n) is 3.26. The van der Waals surface area contributed by atoms with Crippen LogP contribution in [0.3, 0.4) is 0 Å². The molecule has 0 aliphatic heterocycles. The van der Waals surface area contributed by atoms with Crippen LogP contribution in [0.5, 0.6) is 0 Å². The quantitative estimate of drug-likeness (QED) is 0.760. The van der Waals surface area contributed by atoms with E-state index in [-0.39, 0.29) is 6.09 Å². The molecule has 1 rings (SSSR count). The van der Waals surface area contributed by atoms with Crippen LogP contribution in [0.1, 0.15) is 47.0 Å². The first-order chi connectivity index (χ1) is 8.31. The molecule has 0 aromatic rings. The van der Waals surface area contributed by atoms with E-state index in [4.69, 9.17) is 9.47 Å². The lowest BCUT2D eigenvalue weighted by atomic mass is 9.80. The fourth-order valence-electron chi connectivity index (χ4n) is 1.93. The maximum absolute atomic E-state index is 11.7. The molecule has 1 aliphatic rings. The molecular weight excluding hydrogens is 230 g/mol. The normalized spacial score (nSPS) is 23.4. The molecule has 0 aromatic heterocycles. The van der Waals surface area contributed by atoms with Gasteiger partial charge in [-0.05, 0) is 39.5 Å². The summed E-state index contributed by atoms with van der Waals surface area (Å²) in [7, 11) is 1.74. The molecular formula is C14H27NO3. The molecule has 0 atom stereocenters. The number of nitrogens with zero attached hydrogens (tertiary/aromatic N) is 1. The maximum atomic E-state index is 11.7. The molecule has 0 unspecified atom stereocenters. The van der Waals surface area contributed by atoms with Crippen molar-refractivity contribution in [3.05, 3.63) is 0 Å². The molecule has 4 heteroatoms. The molecule has 18 heavy (non-hydrogen) atoms. The zero-order chi connectivity index (χ0) is 13.8. The van der Waals surface area contributed by atoms with Crippen LogP contribution in [-0.2, 0) is 9.47 Å². The molecule has 0 radical (unpaired) electrons. The first-order valence-electron chi connectivity index (χ1n) is 6.87. The molecule has 1 fully saturated rings. The zero-order valence-corrected chi connectivity index (χ0v) is 12.4. The number of carbonyl (C=O) groups is 1. The van der Waals surface area contributed by atoms with Gasteiger partial charge in [-0.15, -0.1) is 0 Å². The molecule has 1 amide bonds. The Morgan fingerprint density at radius 2 is 1.94 bits per heavy atom. The van der Waals surface area contributed by atoms with Crippen LogP contribution < -0.4 is 0 Å². The number of hydrogen-bond donors (Lipinski definition) is 0. The van der Waals surface area contributed by atoms with Crippen molar-refractivity contribution < 1.29 is 14.3 Å². The third-order valence-corrected chi connectivity index (χ3v) is 3.26. The molecule has 0 N–H and O–H groups in total. The van der Waals surface area contributed by atoms with Gasteiger partial charge in [-0.3, -0.25) is 0 Å². The predicted octanol–water partition coefficient (Wildman–Crippen LogP) is 3.06. The predicted molar refractivity (Wildman–Crippen MR) is 71.6 cm³/mol. The van der Waals surface area contributed by atoms with Crippen LogP contribution in [0.15, 0.2) is 0 Å². The average molecular weight is 257 g/mol. The molecule has 0 spiro atoms. The molecule has 0 aromatic carbocycles. The van der Waals surface area contributed by atoms with Gasteiger partial charge in [0.15, 0.2) is 0 Å². The minimum atomic E-state index is -0.436. The lowest BCUT2D eigenvalue weighted by Gasteiger charge is -2.34. The van der Waals surface area contributed by atoms with E-state index in [1.807, 2.05) is 20.8 Å². The maximum Gasteiger partial charge on any atom is 0.410 e. The Morgan fingerprint density at radius 1 is 1.33 bits per heavy atom. The van der Waals surface area contributed by atoms with Gasteiger partial charge in [0.25, 0.3) is 0 Å². The number of amides is 1. The number of rotatable bonds is 5. The number of ether oxygens (including phenoxy) is 2. The van der Waals surface area contributed by atoms with Gasteiger partial charge in [0.05, 0.1) is 12.7 Å². The second-order valence-electron chi connectivity index (χ2n) is 6.14. The van der Waals surface area contributed by atoms with E-state index >= 15 is 0 Å². The van der Waals surface area contributed by atoms with Gasteiger partial charge in [0.1, 0.15) is 5.60 Å².